The summed E-state index contributed by atoms with van der Waals surface area (Å²) < 4.78 is 5.43. The average Bonchev–Trinajstić information content (AvgIpc) is 3.21. The molecular formula is C20H40O. The minimum absolute atomic E-state index is 0.554. The third kappa shape index (κ3) is 4.24. The van der Waals surface area contributed by atoms with Crippen LogP contribution in [-0.4, -0.2) is 13.2 Å². The molecule has 0 aromatic carbocycles. The van der Waals surface area contributed by atoms with Crippen molar-refractivity contribution < 1.29 is 4.74 Å². The Hall–Kier alpha value is -0.0400. The van der Waals surface area contributed by atoms with Crippen LogP contribution in [0.25, 0.3) is 0 Å². The van der Waals surface area contributed by atoms with Gasteiger partial charge in [-0.25, -0.2) is 0 Å². The Labute approximate surface area is 134 Å². The Morgan fingerprint density at radius 3 is 0.952 bits per heavy atom. The van der Waals surface area contributed by atoms with Crippen molar-refractivity contribution in [1.29, 1.82) is 0 Å². The van der Waals surface area contributed by atoms with Crippen LogP contribution in [-0.2, 0) is 4.74 Å². The van der Waals surface area contributed by atoms with Crippen LogP contribution >= 0.6 is 0 Å². The number of ether oxygens (including phenoxy) is 1. The molecule has 1 saturated carbocycles. The minimum atomic E-state index is 0.554. The monoisotopic (exact) mass is 296 g/mol. The number of hydrogen-bond acceptors (Lipinski definition) is 1. The summed E-state index contributed by atoms with van der Waals surface area (Å²) in [6, 6.07) is 0. The second-order valence-corrected chi connectivity index (χ2v) is 8.70. The molecule has 1 saturated heterocycles. The van der Waals surface area contributed by atoms with E-state index in [1.807, 2.05) is 0 Å². The molecule has 0 aromatic rings. The molecule has 0 N–H and O–H groups in total. The van der Waals surface area contributed by atoms with Crippen molar-refractivity contribution in [3.63, 3.8) is 0 Å². The van der Waals surface area contributed by atoms with E-state index in [0.717, 1.165) is 42.3 Å². The fourth-order valence-electron chi connectivity index (χ4n) is 4.54. The maximum Gasteiger partial charge on any atom is 0.0471 e. The topological polar surface area (TPSA) is 9.23 Å². The highest BCUT2D eigenvalue weighted by Gasteiger charge is 2.47. The van der Waals surface area contributed by atoms with Crippen LogP contribution < -0.4 is 0 Å². The summed E-state index contributed by atoms with van der Waals surface area (Å²) in [6.45, 7) is 20.8. The Morgan fingerprint density at radius 2 is 0.810 bits per heavy atom. The molecule has 0 amide bonds. The standard InChI is InChI=1S/C11H22O.C9H18/c1-9(2)11(10(3)4)5-7-12-8-6-11;1-7(2)9(5-6-9)8(3)4/h9-10H,5-8H2,1-4H3;7-8H,5-6H2,1-4H3. The van der Waals surface area contributed by atoms with Gasteiger partial charge < -0.3 is 4.74 Å². The van der Waals surface area contributed by atoms with E-state index < -0.39 is 0 Å². The number of hydrogen-bond donors (Lipinski definition) is 0. The molecule has 126 valence electrons. The van der Waals surface area contributed by atoms with E-state index in [2.05, 4.69) is 55.4 Å². The molecule has 0 unspecified atom stereocenters. The lowest BCUT2D eigenvalue weighted by atomic mass is 9.64. The van der Waals surface area contributed by atoms with Crippen molar-refractivity contribution in [2.24, 2.45) is 34.5 Å². The highest BCUT2D eigenvalue weighted by atomic mass is 16.5. The van der Waals surface area contributed by atoms with Crippen LogP contribution in [0.1, 0.15) is 81.1 Å². The maximum atomic E-state index is 5.43. The summed E-state index contributed by atoms with van der Waals surface area (Å²) in [5, 5.41) is 0. The lowest BCUT2D eigenvalue weighted by Gasteiger charge is -2.44. The molecule has 1 heterocycles. The Balaban J connectivity index is 0.000000219. The van der Waals surface area contributed by atoms with Crippen molar-refractivity contribution in [3.05, 3.63) is 0 Å². The maximum absolute atomic E-state index is 5.43. The first-order valence-corrected chi connectivity index (χ1v) is 9.27. The fraction of sp³-hybridized carbons (Fsp3) is 1.00. The highest BCUT2D eigenvalue weighted by molar-refractivity contribution is 4.97. The fourth-order valence-corrected chi connectivity index (χ4v) is 4.54. The third-order valence-electron chi connectivity index (χ3n) is 6.85. The molecule has 21 heavy (non-hydrogen) atoms. The predicted octanol–water partition coefficient (Wildman–Crippen LogP) is 6.17. The molecule has 0 spiro atoms. The molecular weight excluding hydrogens is 256 g/mol. The van der Waals surface area contributed by atoms with Gasteiger partial charge in [-0.15, -0.1) is 0 Å². The molecule has 2 fully saturated rings. The van der Waals surface area contributed by atoms with Crippen LogP contribution in [0.15, 0.2) is 0 Å². The highest BCUT2D eigenvalue weighted by Crippen LogP contribution is 2.57. The SMILES string of the molecule is CC(C)C1(C(C)C)CC1.CC(C)C1(C(C)C)CCOCC1. The van der Waals surface area contributed by atoms with Crippen molar-refractivity contribution in [3.8, 4) is 0 Å². The smallest absolute Gasteiger partial charge is 0.0471 e. The molecule has 2 aliphatic rings. The van der Waals surface area contributed by atoms with Crippen molar-refractivity contribution in [2.75, 3.05) is 13.2 Å². The normalized spacial score (nSPS) is 23.4. The zero-order chi connectivity index (χ0) is 16.3. The molecule has 1 nitrogen and oxygen atoms in total. The summed E-state index contributed by atoms with van der Waals surface area (Å²) in [4.78, 5) is 0. The van der Waals surface area contributed by atoms with E-state index in [9.17, 15) is 0 Å². The van der Waals surface area contributed by atoms with E-state index in [1.165, 1.54) is 25.7 Å². The first-order chi connectivity index (χ1) is 9.69. The molecule has 0 bridgehead atoms. The zero-order valence-corrected chi connectivity index (χ0v) is 16.0. The lowest BCUT2D eigenvalue weighted by Crippen LogP contribution is -2.38. The molecule has 1 aliphatic heterocycles. The Kier molecular flexibility index (Phi) is 6.78. The van der Waals surface area contributed by atoms with Gasteiger partial charge in [0.05, 0.1) is 0 Å². The Morgan fingerprint density at radius 1 is 0.524 bits per heavy atom. The van der Waals surface area contributed by atoms with E-state index in [1.54, 1.807) is 0 Å². The van der Waals surface area contributed by atoms with Crippen LogP contribution in [0.5, 0.6) is 0 Å². The van der Waals surface area contributed by atoms with E-state index >= 15 is 0 Å². The van der Waals surface area contributed by atoms with Gasteiger partial charge in [0.15, 0.2) is 0 Å². The average molecular weight is 297 g/mol. The molecule has 2 rings (SSSR count). The first kappa shape index (κ1) is 19.0. The van der Waals surface area contributed by atoms with Gasteiger partial charge in [-0.2, -0.15) is 0 Å². The van der Waals surface area contributed by atoms with Crippen LogP contribution in [0, 0.1) is 34.5 Å². The molecule has 1 heteroatoms. The number of rotatable bonds is 4. The van der Waals surface area contributed by atoms with Gasteiger partial charge >= 0.3 is 0 Å². The van der Waals surface area contributed by atoms with Gasteiger partial charge in [-0.05, 0) is 60.2 Å². The van der Waals surface area contributed by atoms with Crippen LogP contribution in [0.3, 0.4) is 0 Å². The lowest BCUT2D eigenvalue weighted by molar-refractivity contribution is -0.0381. The van der Waals surface area contributed by atoms with Gasteiger partial charge in [0.1, 0.15) is 0 Å². The Bertz CT molecular complexity index is 271. The summed E-state index contributed by atoms with van der Waals surface area (Å²) in [5.41, 5.74) is 1.30. The second kappa shape index (κ2) is 7.49. The summed E-state index contributed by atoms with van der Waals surface area (Å²) in [7, 11) is 0. The van der Waals surface area contributed by atoms with Gasteiger partial charge in [0, 0.05) is 13.2 Å². The summed E-state index contributed by atoms with van der Waals surface area (Å²) >= 11 is 0. The second-order valence-electron chi connectivity index (χ2n) is 8.70. The molecule has 1 aliphatic carbocycles. The van der Waals surface area contributed by atoms with Gasteiger partial charge in [0.2, 0.25) is 0 Å². The predicted molar refractivity (Wildman–Crippen MR) is 93.5 cm³/mol. The van der Waals surface area contributed by atoms with Gasteiger partial charge in [0.25, 0.3) is 0 Å². The summed E-state index contributed by atoms with van der Waals surface area (Å²) in [6.07, 6.45) is 5.45. The quantitative estimate of drug-likeness (QED) is 0.602. The van der Waals surface area contributed by atoms with Gasteiger partial charge in [-0.1, -0.05) is 55.4 Å². The summed E-state index contributed by atoms with van der Waals surface area (Å²) in [5.74, 6) is 3.39. The van der Waals surface area contributed by atoms with Crippen LogP contribution in [0.2, 0.25) is 0 Å². The molecule has 0 radical (unpaired) electrons. The first-order valence-electron chi connectivity index (χ1n) is 9.27. The van der Waals surface area contributed by atoms with Crippen molar-refractivity contribution in [2.45, 2.75) is 81.1 Å². The molecule has 0 aromatic heterocycles. The van der Waals surface area contributed by atoms with Crippen molar-refractivity contribution in [1.82, 2.24) is 0 Å². The largest absolute Gasteiger partial charge is 0.381 e. The minimum Gasteiger partial charge on any atom is -0.381 e. The molecule has 0 atom stereocenters. The van der Waals surface area contributed by atoms with E-state index in [-0.39, 0.29) is 0 Å². The van der Waals surface area contributed by atoms with Crippen molar-refractivity contribution >= 4 is 0 Å². The van der Waals surface area contributed by atoms with Gasteiger partial charge in [-0.3, -0.25) is 0 Å². The zero-order valence-electron chi connectivity index (χ0n) is 16.0. The third-order valence-corrected chi connectivity index (χ3v) is 6.85. The van der Waals surface area contributed by atoms with E-state index in [0.29, 0.717) is 5.41 Å². The van der Waals surface area contributed by atoms with E-state index in [4.69, 9.17) is 4.74 Å². The van der Waals surface area contributed by atoms with Crippen LogP contribution in [0.4, 0.5) is 0 Å².